The van der Waals surface area contributed by atoms with Gasteiger partial charge in [0.05, 0.1) is 37.7 Å². The van der Waals surface area contributed by atoms with Gasteiger partial charge in [-0.05, 0) is 54.8 Å². The number of nitrogens with one attached hydrogen (secondary N) is 1. The maximum Gasteiger partial charge on any atom is 0.280 e. The largest absolute Gasteiger partial charge is 0.392 e. The smallest absolute Gasteiger partial charge is 0.280 e. The Bertz CT molecular complexity index is 2210. The quantitative estimate of drug-likeness (QED) is 0.265. The molecule has 1 aliphatic carbocycles. The Labute approximate surface area is 286 Å². The molecule has 0 spiro atoms. The van der Waals surface area contributed by atoms with E-state index in [2.05, 4.69) is 32.0 Å². The average Bonchev–Trinajstić information content (AvgIpc) is 3.44. The average molecular weight is 685 g/mol. The number of anilines is 3. The third kappa shape index (κ3) is 5.66. The Morgan fingerprint density at radius 2 is 1.92 bits per heavy atom. The van der Waals surface area contributed by atoms with E-state index in [1.165, 1.54) is 21.4 Å². The molecular weight excluding hydrogens is 646 g/mol. The predicted octanol–water partition coefficient (Wildman–Crippen LogP) is 3.52. The molecule has 1 atom stereocenters. The van der Waals surface area contributed by atoms with E-state index in [1.807, 2.05) is 18.3 Å². The third-order valence-corrected chi connectivity index (χ3v) is 10.3. The molecule has 2 fully saturated rings. The minimum absolute atomic E-state index is 0.172. The molecule has 260 valence electrons. The predicted molar refractivity (Wildman–Crippen MR) is 185 cm³/mol. The van der Waals surface area contributed by atoms with Crippen LogP contribution in [-0.4, -0.2) is 84.4 Å². The first kappa shape index (κ1) is 32.3. The molecule has 14 heteroatoms. The lowest BCUT2D eigenvalue weighted by atomic mass is 9.94. The Morgan fingerprint density at radius 1 is 1.08 bits per heavy atom. The number of aliphatic hydroxyl groups is 1. The summed E-state index contributed by atoms with van der Waals surface area (Å²) >= 11 is 0. The maximum absolute atomic E-state index is 14.1. The summed E-state index contributed by atoms with van der Waals surface area (Å²) in [6, 6.07) is 9.62. The van der Waals surface area contributed by atoms with Gasteiger partial charge in [-0.2, -0.15) is 0 Å². The van der Waals surface area contributed by atoms with Crippen LogP contribution in [0.5, 0.6) is 0 Å². The van der Waals surface area contributed by atoms with Crippen LogP contribution in [0.4, 0.5) is 26.0 Å². The molecule has 7 heterocycles. The molecule has 5 aromatic rings. The van der Waals surface area contributed by atoms with Crippen LogP contribution in [0.15, 0.2) is 70.9 Å². The summed E-state index contributed by atoms with van der Waals surface area (Å²) in [7, 11) is 1.64. The highest BCUT2D eigenvalue weighted by atomic mass is 19.3. The van der Waals surface area contributed by atoms with Crippen molar-refractivity contribution in [2.75, 3.05) is 43.1 Å². The van der Waals surface area contributed by atoms with Gasteiger partial charge in [-0.25, -0.2) is 18.7 Å². The number of aliphatic hydroxyl groups excluding tert-OH is 1. The van der Waals surface area contributed by atoms with Crippen molar-refractivity contribution in [2.45, 2.75) is 50.8 Å². The van der Waals surface area contributed by atoms with Gasteiger partial charge < -0.3 is 29.0 Å². The van der Waals surface area contributed by atoms with Gasteiger partial charge in [0.25, 0.3) is 17.0 Å². The van der Waals surface area contributed by atoms with Gasteiger partial charge in [-0.15, -0.1) is 0 Å². The van der Waals surface area contributed by atoms with Gasteiger partial charge in [-0.3, -0.25) is 19.1 Å². The van der Waals surface area contributed by atoms with Crippen molar-refractivity contribution in [3.05, 3.63) is 98.8 Å². The highest BCUT2D eigenvalue weighted by Gasteiger charge is 2.36. The zero-order valence-electron chi connectivity index (χ0n) is 27.9. The molecule has 0 radical (unpaired) electrons. The third-order valence-electron chi connectivity index (χ3n) is 10.3. The molecule has 3 aliphatic rings. The van der Waals surface area contributed by atoms with Gasteiger partial charge in [0.1, 0.15) is 22.8 Å². The van der Waals surface area contributed by atoms with Crippen LogP contribution in [-0.2, 0) is 31.2 Å². The van der Waals surface area contributed by atoms with E-state index in [0.717, 1.165) is 38.5 Å². The van der Waals surface area contributed by atoms with Gasteiger partial charge in [0.15, 0.2) is 0 Å². The molecule has 50 heavy (non-hydrogen) atoms. The summed E-state index contributed by atoms with van der Waals surface area (Å²) in [4.78, 5) is 40.9. The van der Waals surface area contributed by atoms with Crippen molar-refractivity contribution in [2.24, 2.45) is 7.05 Å². The zero-order valence-corrected chi connectivity index (χ0v) is 27.9. The van der Waals surface area contributed by atoms with Gasteiger partial charge in [0.2, 0.25) is 0 Å². The lowest BCUT2D eigenvalue weighted by Gasteiger charge is -2.46. The first-order chi connectivity index (χ1) is 24.1. The molecule has 0 unspecified atom stereocenters. The molecule has 0 bridgehead atoms. The molecule has 0 aromatic carbocycles. The molecular formula is C36H38F2N8O4. The standard InChI is InChI=1S/C36H38F2N8O4/c1-22-17-43(26-20-50-21-26)9-10-44(22)25-3-4-32(40-16-25)41-29-13-24(18-42(2)34(29)48)27-6-8-39-33(28(27)19-47)46-12-11-45-30-5-7-36(37,38)15-23(30)14-31(45)35(46)49/h3-4,6,8,11-14,16,18,22,26,47H,5,7,9-10,15,17,19-21H2,1-2H3,(H,40,41)/t22-/m0/s1. The minimum Gasteiger partial charge on any atom is -0.392 e. The molecule has 0 amide bonds. The Morgan fingerprint density at radius 3 is 2.64 bits per heavy atom. The Hall–Kier alpha value is -4.92. The fourth-order valence-electron chi connectivity index (χ4n) is 7.51. The number of alkyl halides is 2. The molecule has 2 N–H and O–H groups in total. The second-order valence-corrected chi connectivity index (χ2v) is 13.5. The lowest BCUT2D eigenvalue weighted by molar-refractivity contribution is -0.0691. The van der Waals surface area contributed by atoms with E-state index >= 15 is 0 Å². The monoisotopic (exact) mass is 684 g/mol. The van der Waals surface area contributed by atoms with E-state index in [0.29, 0.717) is 45.8 Å². The zero-order chi connectivity index (χ0) is 34.7. The van der Waals surface area contributed by atoms with Crippen molar-refractivity contribution in [3.8, 4) is 16.9 Å². The topological polar surface area (TPSA) is 122 Å². The molecule has 12 nitrogen and oxygen atoms in total. The highest BCUT2D eigenvalue weighted by molar-refractivity contribution is 5.73. The van der Waals surface area contributed by atoms with Gasteiger partial charge in [0, 0.05) is 87.2 Å². The first-order valence-corrected chi connectivity index (χ1v) is 16.8. The SMILES string of the molecule is C[C@H]1CN(C2COC2)CCN1c1ccc(Nc2cc(-c3ccnc(-n4ccn5c6c(cc5c4=O)CC(F)(F)CC6)c3CO)cn(C)c2=O)nc1. The van der Waals surface area contributed by atoms with Crippen LogP contribution in [0.2, 0.25) is 0 Å². The number of fused-ring (bicyclic) bond motifs is 3. The summed E-state index contributed by atoms with van der Waals surface area (Å²) in [6.07, 6.45) is 7.72. The number of pyridine rings is 3. The summed E-state index contributed by atoms with van der Waals surface area (Å²) in [6.45, 7) is 6.19. The van der Waals surface area contributed by atoms with Crippen molar-refractivity contribution >= 4 is 22.7 Å². The number of aromatic nitrogens is 5. The van der Waals surface area contributed by atoms with Crippen LogP contribution in [0.3, 0.4) is 0 Å². The normalized spacial score (nSPS) is 19.4. The van der Waals surface area contributed by atoms with Crippen molar-refractivity contribution in [1.82, 2.24) is 28.4 Å². The van der Waals surface area contributed by atoms with Crippen molar-refractivity contribution in [3.63, 3.8) is 0 Å². The number of aryl methyl sites for hydroxylation is 2. The summed E-state index contributed by atoms with van der Waals surface area (Å²) in [5.41, 5.74) is 3.57. The van der Waals surface area contributed by atoms with E-state index in [9.17, 15) is 23.5 Å². The fourth-order valence-corrected chi connectivity index (χ4v) is 7.51. The summed E-state index contributed by atoms with van der Waals surface area (Å²) < 4.78 is 38.1. The van der Waals surface area contributed by atoms with E-state index in [-0.39, 0.29) is 35.4 Å². The molecule has 2 saturated heterocycles. The van der Waals surface area contributed by atoms with Gasteiger partial charge >= 0.3 is 0 Å². The number of hydrogen-bond acceptors (Lipinski definition) is 9. The molecule has 2 aliphatic heterocycles. The number of halogens is 2. The second kappa shape index (κ2) is 12.4. The number of nitrogens with zero attached hydrogens (tertiary/aromatic N) is 7. The van der Waals surface area contributed by atoms with Crippen molar-refractivity contribution in [1.29, 1.82) is 0 Å². The van der Waals surface area contributed by atoms with E-state index in [1.54, 1.807) is 42.2 Å². The maximum atomic E-state index is 14.1. The van der Waals surface area contributed by atoms with Gasteiger partial charge in [-0.1, -0.05) is 0 Å². The van der Waals surface area contributed by atoms with Crippen LogP contribution in [0.1, 0.15) is 30.2 Å². The van der Waals surface area contributed by atoms with Crippen LogP contribution < -0.4 is 21.3 Å². The summed E-state index contributed by atoms with van der Waals surface area (Å²) in [5.74, 6) is -2.09. The fraction of sp³-hybridized carbons (Fsp3) is 0.389. The molecule has 8 rings (SSSR count). The number of hydrogen-bond donors (Lipinski definition) is 2. The number of ether oxygens (including phenoxy) is 1. The van der Waals surface area contributed by atoms with Crippen LogP contribution in [0.25, 0.3) is 22.5 Å². The molecule has 0 saturated carbocycles. The van der Waals surface area contributed by atoms with Crippen molar-refractivity contribution < 1.29 is 18.6 Å². The second-order valence-electron chi connectivity index (χ2n) is 13.5. The number of piperazine rings is 1. The van der Waals surface area contributed by atoms with Crippen LogP contribution >= 0.6 is 0 Å². The Kier molecular flexibility index (Phi) is 8.04. The molecule has 5 aromatic heterocycles. The number of rotatable bonds is 7. The summed E-state index contributed by atoms with van der Waals surface area (Å²) in [5, 5.41) is 13.8. The highest BCUT2D eigenvalue weighted by Crippen LogP contribution is 2.35. The Balaban J connectivity index is 1.08. The van der Waals surface area contributed by atoms with E-state index < -0.39 is 24.5 Å². The minimum atomic E-state index is -2.81. The first-order valence-electron chi connectivity index (χ1n) is 16.8. The van der Waals surface area contributed by atoms with E-state index in [4.69, 9.17) is 4.74 Å². The van der Waals surface area contributed by atoms with Crippen LogP contribution in [0, 0.1) is 0 Å². The lowest BCUT2D eigenvalue weighted by Crippen LogP contribution is -2.59.